The molecule has 2 aliphatic rings. The van der Waals surface area contributed by atoms with Crippen molar-refractivity contribution in [2.75, 3.05) is 5.32 Å². The SMILES string of the molecule is C1CCC(NC2CCCCC2)CC1.CC(C)(C)OC(=O)N[C@H](Cc1ccc(NC(=O)OCc2ccccc2)cc1)C(=O)O. The highest BCUT2D eigenvalue weighted by molar-refractivity contribution is 5.84. The van der Waals surface area contributed by atoms with Crippen molar-refractivity contribution in [2.45, 2.75) is 122 Å². The number of rotatable bonds is 9. The van der Waals surface area contributed by atoms with Gasteiger partial charge in [-0.25, -0.2) is 14.4 Å². The highest BCUT2D eigenvalue weighted by atomic mass is 16.6. The van der Waals surface area contributed by atoms with Crippen LogP contribution in [0.25, 0.3) is 0 Å². The summed E-state index contributed by atoms with van der Waals surface area (Å²) < 4.78 is 10.3. The van der Waals surface area contributed by atoms with Crippen LogP contribution in [0, 0.1) is 0 Å². The lowest BCUT2D eigenvalue weighted by Crippen LogP contribution is -2.44. The average Bonchev–Trinajstić information content (AvgIpc) is 2.98. The number of carboxylic acids is 1. The third kappa shape index (κ3) is 14.0. The van der Waals surface area contributed by atoms with Crippen LogP contribution < -0.4 is 16.0 Å². The molecular weight excluding hydrogens is 546 g/mol. The van der Waals surface area contributed by atoms with Gasteiger partial charge in [-0.1, -0.05) is 81.0 Å². The van der Waals surface area contributed by atoms with Crippen molar-refractivity contribution in [2.24, 2.45) is 0 Å². The van der Waals surface area contributed by atoms with Gasteiger partial charge in [-0.05, 0) is 69.7 Å². The van der Waals surface area contributed by atoms with Crippen LogP contribution >= 0.6 is 0 Å². The summed E-state index contributed by atoms with van der Waals surface area (Å²) in [5.74, 6) is -1.17. The first-order valence-electron chi connectivity index (χ1n) is 15.6. The van der Waals surface area contributed by atoms with Crippen LogP contribution in [0.1, 0.15) is 96.1 Å². The van der Waals surface area contributed by atoms with Crippen LogP contribution in [0.5, 0.6) is 0 Å². The molecule has 0 unspecified atom stereocenters. The monoisotopic (exact) mass is 595 g/mol. The van der Waals surface area contributed by atoms with Crippen molar-refractivity contribution in [3.8, 4) is 0 Å². The molecule has 0 bridgehead atoms. The van der Waals surface area contributed by atoms with E-state index in [0.29, 0.717) is 11.3 Å². The number of hydrogen-bond acceptors (Lipinski definition) is 6. The fourth-order valence-electron chi connectivity index (χ4n) is 5.36. The Morgan fingerprint density at radius 2 is 1.35 bits per heavy atom. The van der Waals surface area contributed by atoms with Crippen molar-refractivity contribution in [1.82, 2.24) is 10.6 Å². The third-order valence-corrected chi connectivity index (χ3v) is 7.52. The number of amides is 2. The molecule has 0 aromatic heterocycles. The molecular formula is C34H49N3O6. The second kappa shape index (κ2) is 17.5. The number of ether oxygens (including phenoxy) is 2. The molecule has 0 saturated heterocycles. The number of anilines is 1. The maximum atomic E-state index is 11.9. The molecule has 0 spiro atoms. The van der Waals surface area contributed by atoms with E-state index in [2.05, 4.69) is 16.0 Å². The predicted octanol–water partition coefficient (Wildman–Crippen LogP) is 7.20. The fourth-order valence-corrected chi connectivity index (χ4v) is 5.36. The van der Waals surface area contributed by atoms with E-state index in [1.54, 1.807) is 45.0 Å². The number of alkyl carbamates (subject to hydrolysis) is 1. The molecule has 4 N–H and O–H groups in total. The number of carbonyl (C=O) groups excluding carboxylic acids is 2. The number of benzene rings is 2. The Morgan fingerprint density at radius 1 is 0.791 bits per heavy atom. The van der Waals surface area contributed by atoms with Crippen molar-refractivity contribution in [1.29, 1.82) is 0 Å². The van der Waals surface area contributed by atoms with Gasteiger partial charge in [0.15, 0.2) is 0 Å². The van der Waals surface area contributed by atoms with Gasteiger partial charge in [0, 0.05) is 24.2 Å². The zero-order valence-corrected chi connectivity index (χ0v) is 25.9. The first-order valence-corrected chi connectivity index (χ1v) is 15.6. The summed E-state index contributed by atoms with van der Waals surface area (Å²) in [5.41, 5.74) is 1.32. The van der Waals surface area contributed by atoms with Crippen molar-refractivity contribution >= 4 is 23.8 Å². The van der Waals surface area contributed by atoms with Crippen LogP contribution in [0.3, 0.4) is 0 Å². The number of hydrogen-bond donors (Lipinski definition) is 4. The van der Waals surface area contributed by atoms with Crippen LogP contribution in [0.4, 0.5) is 15.3 Å². The van der Waals surface area contributed by atoms with E-state index in [9.17, 15) is 19.5 Å². The summed E-state index contributed by atoms with van der Waals surface area (Å²) >= 11 is 0. The maximum Gasteiger partial charge on any atom is 0.411 e. The largest absolute Gasteiger partial charge is 0.480 e. The van der Waals surface area contributed by atoms with E-state index in [1.165, 1.54) is 64.2 Å². The molecule has 9 heteroatoms. The Balaban J connectivity index is 0.000000321. The minimum atomic E-state index is -1.17. The van der Waals surface area contributed by atoms with Gasteiger partial charge in [0.25, 0.3) is 0 Å². The molecule has 1 atom stereocenters. The smallest absolute Gasteiger partial charge is 0.411 e. The van der Waals surface area contributed by atoms with Crippen LogP contribution in [0.2, 0.25) is 0 Å². The van der Waals surface area contributed by atoms with Gasteiger partial charge >= 0.3 is 18.2 Å². The number of nitrogens with one attached hydrogen (secondary N) is 3. The number of carbonyl (C=O) groups is 3. The van der Waals surface area contributed by atoms with E-state index in [4.69, 9.17) is 9.47 Å². The Hall–Kier alpha value is -3.59. The molecule has 2 amide bonds. The molecule has 2 aromatic carbocycles. The Labute approximate surface area is 256 Å². The Morgan fingerprint density at radius 3 is 1.86 bits per heavy atom. The minimum absolute atomic E-state index is 0.0628. The molecule has 43 heavy (non-hydrogen) atoms. The quantitative estimate of drug-likeness (QED) is 0.242. The third-order valence-electron chi connectivity index (χ3n) is 7.52. The molecule has 2 fully saturated rings. The van der Waals surface area contributed by atoms with Crippen molar-refractivity contribution in [3.05, 3.63) is 65.7 Å². The van der Waals surface area contributed by atoms with Gasteiger partial charge in [0.05, 0.1) is 0 Å². The molecule has 2 saturated carbocycles. The zero-order chi connectivity index (χ0) is 31.1. The summed E-state index contributed by atoms with van der Waals surface area (Å²) in [4.78, 5) is 35.2. The molecule has 2 aliphatic carbocycles. The number of aliphatic carboxylic acids is 1. The first-order chi connectivity index (χ1) is 20.6. The second-order valence-electron chi connectivity index (χ2n) is 12.5. The lowest BCUT2D eigenvalue weighted by atomic mass is 9.91. The Kier molecular flexibility index (Phi) is 13.8. The van der Waals surface area contributed by atoms with E-state index in [-0.39, 0.29) is 13.0 Å². The summed E-state index contributed by atoms with van der Waals surface area (Å²) in [6, 6.07) is 16.5. The van der Waals surface area contributed by atoms with Crippen molar-refractivity contribution < 1.29 is 29.0 Å². The average molecular weight is 596 g/mol. The van der Waals surface area contributed by atoms with Gasteiger partial charge in [-0.15, -0.1) is 0 Å². The van der Waals surface area contributed by atoms with Gasteiger partial charge in [-0.3, -0.25) is 5.32 Å². The molecule has 9 nitrogen and oxygen atoms in total. The summed E-state index contributed by atoms with van der Waals surface area (Å²) in [7, 11) is 0. The molecule has 0 radical (unpaired) electrons. The zero-order valence-electron chi connectivity index (χ0n) is 25.9. The van der Waals surface area contributed by atoms with Crippen LogP contribution in [-0.4, -0.2) is 47.0 Å². The van der Waals surface area contributed by atoms with Gasteiger partial charge in [0.2, 0.25) is 0 Å². The standard InChI is InChI=1S/C22H26N2O6.C12H23N/c1-22(2,3)30-21(28)24-18(19(25)26)13-15-9-11-17(12-10-15)23-20(27)29-14-16-7-5-4-6-8-16;1-3-7-11(8-4-1)13-12-9-5-2-6-10-12/h4-12,18H,13-14H2,1-3H3,(H,23,27)(H,24,28)(H,25,26);11-13H,1-10H2/t18-;/m1./s1. The summed E-state index contributed by atoms with van der Waals surface area (Å²) in [6.07, 6.45) is 13.2. The minimum Gasteiger partial charge on any atom is -0.480 e. The van der Waals surface area contributed by atoms with Crippen LogP contribution in [-0.2, 0) is 27.3 Å². The highest BCUT2D eigenvalue weighted by Crippen LogP contribution is 2.22. The van der Waals surface area contributed by atoms with Crippen molar-refractivity contribution in [3.63, 3.8) is 0 Å². The fraction of sp³-hybridized carbons (Fsp3) is 0.559. The summed E-state index contributed by atoms with van der Waals surface area (Å²) in [6.45, 7) is 5.23. The molecule has 0 heterocycles. The molecule has 2 aromatic rings. The normalized spacial score (nSPS) is 16.6. The topological polar surface area (TPSA) is 126 Å². The lowest BCUT2D eigenvalue weighted by Gasteiger charge is -2.30. The van der Waals surface area contributed by atoms with E-state index in [0.717, 1.165) is 17.6 Å². The number of carboxylic acid groups (broad SMARTS) is 1. The predicted molar refractivity (Wildman–Crippen MR) is 168 cm³/mol. The first kappa shape index (κ1) is 33.9. The van der Waals surface area contributed by atoms with E-state index < -0.39 is 29.8 Å². The Bertz CT molecular complexity index is 1110. The van der Waals surface area contributed by atoms with Crippen LogP contribution in [0.15, 0.2) is 54.6 Å². The molecule has 236 valence electrons. The lowest BCUT2D eigenvalue weighted by molar-refractivity contribution is -0.139. The summed E-state index contributed by atoms with van der Waals surface area (Å²) in [5, 5.41) is 18.2. The van der Waals surface area contributed by atoms with E-state index in [1.807, 2.05) is 30.3 Å². The highest BCUT2D eigenvalue weighted by Gasteiger charge is 2.24. The van der Waals surface area contributed by atoms with E-state index >= 15 is 0 Å². The second-order valence-corrected chi connectivity index (χ2v) is 12.5. The molecule has 4 rings (SSSR count). The molecule has 0 aliphatic heterocycles. The van der Waals surface area contributed by atoms with Gasteiger partial charge in [0.1, 0.15) is 18.2 Å². The van der Waals surface area contributed by atoms with Gasteiger partial charge < -0.3 is 25.2 Å². The maximum absolute atomic E-state index is 11.9. The van der Waals surface area contributed by atoms with Gasteiger partial charge in [-0.2, -0.15) is 0 Å².